The van der Waals surface area contributed by atoms with Crippen molar-refractivity contribution in [2.24, 2.45) is 0 Å². The Balaban J connectivity index is 1.59. The van der Waals surface area contributed by atoms with Crippen molar-refractivity contribution in [3.8, 4) is 11.3 Å². The third kappa shape index (κ3) is 3.82. The summed E-state index contributed by atoms with van der Waals surface area (Å²) in [6.07, 6.45) is 3.04. The number of aromatic nitrogens is 4. The van der Waals surface area contributed by atoms with Crippen LogP contribution in [0.15, 0.2) is 65.8 Å². The van der Waals surface area contributed by atoms with Crippen LogP contribution < -0.4 is 10.7 Å². The average molecular weight is 399 g/mol. The first-order valence-corrected chi connectivity index (χ1v) is 9.72. The standard InChI is InChI=1S/C23H21N5O2/c1-3-28-13-19(21(29)18-10-9-15(2)27-22(18)28)23(30)24-12-17-11-20(26-14-25-17)16-7-5-4-6-8-16/h4-11,13-14H,3,12H2,1-2H3,(H,24,30). The minimum atomic E-state index is -0.440. The summed E-state index contributed by atoms with van der Waals surface area (Å²) in [7, 11) is 0. The molecule has 3 heterocycles. The summed E-state index contributed by atoms with van der Waals surface area (Å²) < 4.78 is 1.82. The topological polar surface area (TPSA) is 89.8 Å². The number of fused-ring (bicyclic) bond motifs is 1. The van der Waals surface area contributed by atoms with Gasteiger partial charge in [0.05, 0.1) is 23.3 Å². The highest BCUT2D eigenvalue weighted by Gasteiger charge is 2.16. The third-order valence-corrected chi connectivity index (χ3v) is 4.87. The Morgan fingerprint density at radius 3 is 2.67 bits per heavy atom. The van der Waals surface area contributed by atoms with E-state index in [2.05, 4.69) is 20.3 Å². The highest BCUT2D eigenvalue weighted by molar-refractivity contribution is 5.96. The number of hydrogen-bond acceptors (Lipinski definition) is 5. The predicted molar refractivity (Wildman–Crippen MR) is 115 cm³/mol. The quantitative estimate of drug-likeness (QED) is 0.557. The van der Waals surface area contributed by atoms with Crippen LogP contribution in [0.2, 0.25) is 0 Å². The molecule has 4 rings (SSSR count). The maximum Gasteiger partial charge on any atom is 0.257 e. The van der Waals surface area contributed by atoms with Crippen LogP contribution in [-0.2, 0) is 13.1 Å². The number of nitrogens with zero attached hydrogens (tertiary/aromatic N) is 4. The molecule has 4 aromatic rings. The zero-order chi connectivity index (χ0) is 21.1. The Morgan fingerprint density at radius 2 is 1.90 bits per heavy atom. The van der Waals surface area contributed by atoms with E-state index in [4.69, 9.17) is 0 Å². The molecule has 0 fully saturated rings. The van der Waals surface area contributed by atoms with E-state index in [1.165, 1.54) is 6.33 Å². The minimum absolute atomic E-state index is 0.0901. The number of hydrogen-bond donors (Lipinski definition) is 1. The molecule has 0 radical (unpaired) electrons. The number of nitrogens with one attached hydrogen (secondary N) is 1. The van der Waals surface area contributed by atoms with Gasteiger partial charge in [0.15, 0.2) is 0 Å². The van der Waals surface area contributed by atoms with E-state index in [1.807, 2.05) is 54.8 Å². The van der Waals surface area contributed by atoms with Crippen molar-refractivity contribution in [1.82, 2.24) is 24.8 Å². The molecule has 1 N–H and O–H groups in total. The lowest BCUT2D eigenvalue weighted by molar-refractivity contribution is 0.0949. The van der Waals surface area contributed by atoms with Crippen molar-refractivity contribution < 1.29 is 4.79 Å². The lowest BCUT2D eigenvalue weighted by Crippen LogP contribution is -2.30. The molecule has 3 aromatic heterocycles. The van der Waals surface area contributed by atoms with Crippen molar-refractivity contribution in [3.63, 3.8) is 0 Å². The van der Waals surface area contributed by atoms with E-state index in [1.54, 1.807) is 18.3 Å². The van der Waals surface area contributed by atoms with Gasteiger partial charge in [-0.05, 0) is 32.0 Å². The lowest BCUT2D eigenvalue weighted by Gasteiger charge is -2.11. The average Bonchev–Trinajstić information content (AvgIpc) is 2.78. The molecule has 150 valence electrons. The Kier molecular flexibility index (Phi) is 5.34. The molecule has 7 heteroatoms. The predicted octanol–water partition coefficient (Wildman–Crippen LogP) is 3.11. The van der Waals surface area contributed by atoms with Crippen LogP contribution >= 0.6 is 0 Å². The lowest BCUT2D eigenvalue weighted by atomic mass is 10.1. The second kappa shape index (κ2) is 8.24. The van der Waals surface area contributed by atoms with Crippen LogP contribution in [0.25, 0.3) is 22.3 Å². The number of carbonyl (C=O) groups excluding carboxylic acids is 1. The third-order valence-electron chi connectivity index (χ3n) is 4.87. The Hall–Kier alpha value is -3.87. The number of carbonyl (C=O) groups is 1. The van der Waals surface area contributed by atoms with Gasteiger partial charge in [-0.15, -0.1) is 0 Å². The van der Waals surface area contributed by atoms with Gasteiger partial charge >= 0.3 is 0 Å². The number of pyridine rings is 2. The summed E-state index contributed by atoms with van der Waals surface area (Å²) in [5.41, 5.74) is 3.57. The Morgan fingerprint density at radius 1 is 1.10 bits per heavy atom. The molecule has 0 spiro atoms. The van der Waals surface area contributed by atoms with Gasteiger partial charge in [0.1, 0.15) is 17.5 Å². The summed E-state index contributed by atoms with van der Waals surface area (Å²) in [6, 6.07) is 15.1. The van der Waals surface area contributed by atoms with E-state index < -0.39 is 5.91 Å². The second-order valence-corrected chi connectivity index (χ2v) is 6.93. The second-order valence-electron chi connectivity index (χ2n) is 6.93. The highest BCUT2D eigenvalue weighted by atomic mass is 16.2. The molecule has 0 aliphatic rings. The molecule has 0 bridgehead atoms. The zero-order valence-electron chi connectivity index (χ0n) is 16.8. The Bertz CT molecular complexity index is 1280. The molecule has 7 nitrogen and oxygen atoms in total. The minimum Gasteiger partial charge on any atom is -0.346 e. The summed E-state index contributed by atoms with van der Waals surface area (Å²) in [6.45, 7) is 4.61. The number of rotatable bonds is 5. The van der Waals surface area contributed by atoms with E-state index in [9.17, 15) is 9.59 Å². The molecule has 0 unspecified atom stereocenters. The zero-order valence-corrected chi connectivity index (χ0v) is 16.8. The largest absolute Gasteiger partial charge is 0.346 e. The van der Waals surface area contributed by atoms with Crippen molar-refractivity contribution in [2.45, 2.75) is 26.9 Å². The smallest absolute Gasteiger partial charge is 0.257 e. The van der Waals surface area contributed by atoms with Crippen LogP contribution in [0.1, 0.15) is 28.7 Å². The molecular formula is C23H21N5O2. The van der Waals surface area contributed by atoms with E-state index in [-0.39, 0.29) is 17.5 Å². The van der Waals surface area contributed by atoms with Crippen LogP contribution in [-0.4, -0.2) is 25.4 Å². The molecule has 0 saturated heterocycles. The molecule has 0 atom stereocenters. The van der Waals surface area contributed by atoms with Crippen molar-refractivity contribution in [2.75, 3.05) is 0 Å². The molecule has 1 amide bonds. The molecule has 0 aliphatic heterocycles. The van der Waals surface area contributed by atoms with Gasteiger partial charge in [0, 0.05) is 24.0 Å². The fourth-order valence-electron chi connectivity index (χ4n) is 3.29. The first kappa shape index (κ1) is 19.4. The van der Waals surface area contributed by atoms with Gasteiger partial charge in [-0.25, -0.2) is 15.0 Å². The van der Waals surface area contributed by atoms with Crippen molar-refractivity contribution in [3.05, 3.63) is 88.2 Å². The normalized spacial score (nSPS) is 10.9. The number of benzene rings is 1. The molecule has 0 saturated carbocycles. The summed E-state index contributed by atoms with van der Waals surface area (Å²) >= 11 is 0. The fraction of sp³-hybridized carbons (Fsp3) is 0.174. The fourth-order valence-corrected chi connectivity index (χ4v) is 3.29. The monoisotopic (exact) mass is 399 g/mol. The van der Waals surface area contributed by atoms with Gasteiger partial charge < -0.3 is 9.88 Å². The van der Waals surface area contributed by atoms with Crippen molar-refractivity contribution in [1.29, 1.82) is 0 Å². The van der Waals surface area contributed by atoms with Gasteiger partial charge in [-0.1, -0.05) is 30.3 Å². The van der Waals surface area contributed by atoms with Gasteiger partial charge in [0.2, 0.25) is 5.43 Å². The van der Waals surface area contributed by atoms with Crippen LogP contribution in [0.5, 0.6) is 0 Å². The van der Waals surface area contributed by atoms with E-state index >= 15 is 0 Å². The molecule has 1 aromatic carbocycles. The van der Waals surface area contributed by atoms with Crippen LogP contribution in [0.3, 0.4) is 0 Å². The highest BCUT2D eigenvalue weighted by Crippen LogP contribution is 2.16. The summed E-state index contributed by atoms with van der Waals surface area (Å²) in [5.74, 6) is -0.440. The first-order chi connectivity index (χ1) is 14.6. The summed E-state index contributed by atoms with van der Waals surface area (Å²) in [5, 5.41) is 3.23. The maximum atomic E-state index is 12.9. The molecule has 0 aliphatic carbocycles. The van der Waals surface area contributed by atoms with E-state index in [0.717, 1.165) is 17.0 Å². The maximum absolute atomic E-state index is 12.9. The SMILES string of the molecule is CCn1cc(C(=O)NCc2cc(-c3ccccc3)ncn2)c(=O)c2ccc(C)nc21. The van der Waals surface area contributed by atoms with Crippen LogP contribution in [0.4, 0.5) is 0 Å². The van der Waals surface area contributed by atoms with Crippen molar-refractivity contribution >= 4 is 16.9 Å². The van der Waals surface area contributed by atoms with Crippen LogP contribution in [0, 0.1) is 6.92 Å². The van der Waals surface area contributed by atoms with E-state index in [0.29, 0.717) is 23.3 Å². The van der Waals surface area contributed by atoms with Gasteiger partial charge in [-0.2, -0.15) is 0 Å². The number of aryl methyl sites for hydroxylation is 2. The molecule has 30 heavy (non-hydrogen) atoms. The molecular weight excluding hydrogens is 378 g/mol. The first-order valence-electron chi connectivity index (χ1n) is 9.72. The van der Waals surface area contributed by atoms with Gasteiger partial charge in [-0.3, -0.25) is 9.59 Å². The number of amides is 1. The van der Waals surface area contributed by atoms with Gasteiger partial charge in [0.25, 0.3) is 5.91 Å². The Labute approximate surface area is 173 Å². The summed E-state index contributed by atoms with van der Waals surface area (Å²) in [4.78, 5) is 38.6.